The number of hydrogen-bond acceptors (Lipinski definition) is 1. The molecule has 1 nitrogen and oxygen atoms in total. The zero-order valence-corrected chi connectivity index (χ0v) is 8.72. The van der Waals surface area contributed by atoms with Gasteiger partial charge in [-0.15, -0.1) is 0 Å². The Balaban J connectivity index is 3.43. The van der Waals surface area contributed by atoms with E-state index in [1.165, 1.54) is 19.4 Å². The van der Waals surface area contributed by atoms with E-state index < -0.39 is 0 Å². The van der Waals surface area contributed by atoms with Crippen molar-refractivity contribution < 1.29 is 0 Å². The van der Waals surface area contributed by atoms with Crippen LogP contribution in [0.15, 0.2) is 0 Å². The second-order valence-corrected chi connectivity index (χ2v) is 3.95. The molecule has 0 fully saturated rings. The predicted molar refractivity (Wildman–Crippen MR) is 51.8 cm³/mol. The van der Waals surface area contributed by atoms with Crippen molar-refractivity contribution in [3.05, 3.63) is 0 Å². The van der Waals surface area contributed by atoms with E-state index in [4.69, 9.17) is 0 Å². The van der Waals surface area contributed by atoms with E-state index in [0.717, 1.165) is 11.8 Å². The van der Waals surface area contributed by atoms with Crippen molar-refractivity contribution in [3.63, 3.8) is 0 Å². The second kappa shape index (κ2) is 5.59. The molecule has 0 aliphatic heterocycles. The van der Waals surface area contributed by atoms with Crippen molar-refractivity contribution in [1.82, 2.24) is 4.90 Å². The molecular formula is C10H23N. The third kappa shape index (κ3) is 5.25. The van der Waals surface area contributed by atoms with E-state index in [-0.39, 0.29) is 0 Å². The fourth-order valence-corrected chi connectivity index (χ4v) is 1.15. The molecule has 0 rings (SSSR count). The Bertz CT molecular complexity index is 88.9. The van der Waals surface area contributed by atoms with Gasteiger partial charge >= 0.3 is 0 Å². The molecule has 0 aromatic carbocycles. The molecule has 0 saturated heterocycles. The van der Waals surface area contributed by atoms with Crippen molar-refractivity contribution in [1.29, 1.82) is 0 Å². The van der Waals surface area contributed by atoms with Crippen LogP contribution in [0.5, 0.6) is 0 Å². The van der Waals surface area contributed by atoms with E-state index in [0.29, 0.717) is 0 Å². The molecular weight excluding hydrogens is 134 g/mol. The first-order valence-corrected chi connectivity index (χ1v) is 4.72. The Morgan fingerprint density at radius 1 is 1.09 bits per heavy atom. The van der Waals surface area contributed by atoms with Gasteiger partial charge in [-0.25, -0.2) is 0 Å². The molecule has 2 unspecified atom stereocenters. The summed E-state index contributed by atoms with van der Waals surface area (Å²) in [6, 6.07) is 0. The zero-order chi connectivity index (χ0) is 8.85. The van der Waals surface area contributed by atoms with Crippen LogP contribution in [0.4, 0.5) is 0 Å². The van der Waals surface area contributed by atoms with Crippen LogP contribution in [0, 0.1) is 11.8 Å². The highest BCUT2D eigenvalue weighted by Crippen LogP contribution is 2.17. The summed E-state index contributed by atoms with van der Waals surface area (Å²) in [6.45, 7) is 8.21. The van der Waals surface area contributed by atoms with Crippen molar-refractivity contribution in [2.24, 2.45) is 11.8 Å². The minimum atomic E-state index is 0.877. The maximum absolute atomic E-state index is 2.36. The van der Waals surface area contributed by atoms with E-state index in [1.54, 1.807) is 0 Å². The molecule has 0 aromatic rings. The van der Waals surface area contributed by atoms with E-state index in [2.05, 4.69) is 39.8 Å². The highest BCUT2D eigenvalue weighted by Gasteiger charge is 2.09. The maximum atomic E-state index is 2.36. The van der Waals surface area contributed by atoms with Crippen LogP contribution in [-0.4, -0.2) is 25.5 Å². The second-order valence-electron chi connectivity index (χ2n) is 3.95. The molecule has 11 heavy (non-hydrogen) atoms. The summed E-state index contributed by atoms with van der Waals surface area (Å²) < 4.78 is 0. The largest absolute Gasteiger partial charge is 0.309 e. The molecule has 0 heterocycles. The standard InChI is InChI=1S/C10H23N/c1-6-9(2)10(3)7-8-11(4)5/h9-10H,6-8H2,1-5H3. The molecule has 0 aromatic heterocycles. The molecule has 0 aliphatic rings. The molecule has 0 N–H and O–H groups in total. The van der Waals surface area contributed by atoms with Gasteiger partial charge in [0.2, 0.25) is 0 Å². The van der Waals surface area contributed by atoms with Crippen LogP contribution in [0.2, 0.25) is 0 Å². The van der Waals surface area contributed by atoms with Gasteiger partial charge in [-0.1, -0.05) is 27.2 Å². The van der Waals surface area contributed by atoms with E-state index in [1.807, 2.05) is 0 Å². The van der Waals surface area contributed by atoms with Crippen molar-refractivity contribution in [3.8, 4) is 0 Å². The zero-order valence-electron chi connectivity index (χ0n) is 8.72. The molecule has 1 heteroatoms. The summed E-state index contributed by atoms with van der Waals surface area (Å²) in [4.78, 5) is 2.26. The molecule has 0 amide bonds. The average molecular weight is 157 g/mol. The van der Waals surface area contributed by atoms with Crippen LogP contribution in [0.25, 0.3) is 0 Å². The lowest BCUT2D eigenvalue weighted by Crippen LogP contribution is -2.18. The number of nitrogens with zero attached hydrogens (tertiary/aromatic N) is 1. The van der Waals surface area contributed by atoms with Crippen LogP contribution in [-0.2, 0) is 0 Å². The summed E-state index contributed by atoms with van der Waals surface area (Å²) in [5.74, 6) is 1.76. The fraction of sp³-hybridized carbons (Fsp3) is 1.00. The third-order valence-corrected chi connectivity index (χ3v) is 2.65. The van der Waals surface area contributed by atoms with Gasteiger partial charge in [0.1, 0.15) is 0 Å². The van der Waals surface area contributed by atoms with E-state index >= 15 is 0 Å². The molecule has 0 spiro atoms. The number of hydrogen-bond donors (Lipinski definition) is 0. The van der Waals surface area contributed by atoms with Gasteiger partial charge < -0.3 is 4.90 Å². The van der Waals surface area contributed by atoms with Crippen molar-refractivity contribution in [2.75, 3.05) is 20.6 Å². The summed E-state index contributed by atoms with van der Waals surface area (Å²) in [5.41, 5.74) is 0. The Hall–Kier alpha value is -0.0400. The minimum Gasteiger partial charge on any atom is -0.309 e. The van der Waals surface area contributed by atoms with Gasteiger partial charge in [0.25, 0.3) is 0 Å². The monoisotopic (exact) mass is 157 g/mol. The first-order valence-electron chi connectivity index (χ1n) is 4.72. The Labute approximate surface area is 71.8 Å². The van der Waals surface area contributed by atoms with E-state index in [9.17, 15) is 0 Å². The smallest absolute Gasteiger partial charge is 0.00222 e. The first-order chi connectivity index (χ1) is 5.07. The topological polar surface area (TPSA) is 3.24 Å². The van der Waals surface area contributed by atoms with Gasteiger partial charge in [-0.3, -0.25) is 0 Å². The summed E-state index contributed by atoms with van der Waals surface area (Å²) >= 11 is 0. The molecule has 0 radical (unpaired) electrons. The van der Waals surface area contributed by atoms with Gasteiger partial charge in [-0.2, -0.15) is 0 Å². The highest BCUT2D eigenvalue weighted by atomic mass is 15.0. The number of rotatable bonds is 5. The molecule has 0 saturated carbocycles. The molecule has 68 valence electrons. The van der Waals surface area contributed by atoms with Gasteiger partial charge in [0.05, 0.1) is 0 Å². The first kappa shape index (κ1) is 11.0. The van der Waals surface area contributed by atoms with Crippen molar-refractivity contribution >= 4 is 0 Å². The Kier molecular flexibility index (Phi) is 5.57. The van der Waals surface area contributed by atoms with Crippen LogP contribution < -0.4 is 0 Å². The van der Waals surface area contributed by atoms with Crippen LogP contribution >= 0.6 is 0 Å². The maximum Gasteiger partial charge on any atom is -0.00222 e. The third-order valence-electron chi connectivity index (χ3n) is 2.65. The lowest BCUT2D eigenvalue weighted by atomic mass is 9.91. The lowest BCUT2D eigenvalue weighted by molar-refractivity contribution is 0.299. The van der Waals surface area contributed by atoms with Crippen LogP contribution in [0.1, 0.15) is 33.6 Å². The Morgan fingerprint density at radius 2 is 1.64 bits per heavy atom. The average Bonchev–Trinajstić information content (AvgIpc) is 1.98. The lowest BCUT2D eigenvalue weighted by Gasteiger charge is -2.20. The highest BCUT2D eigenvalue weighted by molar-refractivity contribution is 4.61. The fourth-order valence-electron chi connectivity index (χ4n) is 1.15. The van der Waals surface area contributed by atoms with Crippen molar-refractivity contribution in [2.45, 2.75) is 33.6 Å². The summed E-state index contributed by atoms with van der Waals surface area (Å²) in [6.07, 6.45) is 2.65. The summed E-state index contributed by atoms with van der Waals surface area (Å²) in [5, 5.41) is 0. The van der Waals surface area contributed by atoms with Gasteiger partial charge in [-0.05, 0) is 38.9 Å². The predicted octanol–water partition coefficient (Wildman–Crippen LogP) is 2.62. The quantitative estimate of drug-likeness (QED) is 0.593. The van der Waals surface area contributed by atoms with Gasteiger partial charge in [0.15, 0.2) is 0 Å². The van der Waals surface area contributed by atoms with Gasteiger partial charge in [0, 0.05) is 0 Å². The Morgan fingerprint density at radius 3 is 2.00 bits per heavy atom. The van der Waals surface area contributed by atoms with Crippen LogP contribution in [0.3, 0.4) is 0 Å². The molecule has 0 aliphatic carbocycles. The molecule has 2 atom stereocenters. The summed E-state index contributed by atoms with van der Waals surface area (Å²) in [7, 11) is 4.28. The molecule has 0 bridgehead atoms. The SMILES string of the molecule is CCC(C)C(C)CCN(C)C. The minimum absolute atomic E-state index is 0.877. The normalized spacial score (nSPS) is 16.9.